The molecule has 5 nitrogen and oxygen atoms in total. The first-order valence-corrected chi connectivity index (χ1v) is 9.07. The van der Waals surface area contributed by atoms with Crippen molar-refractivity contribution in [3.05, 3.63) is 52.6 Å². The summed E-state index contributed by atoms with van der Waals surface area (Å²) in [6, 6.07) is 7.05. The second kappa shape index (κ2) is 7.91. The van der Waals surface area contributed by atoms with Crippen LogP contribution in [-0.2, 0) is 17.8 Å². The van der Waals surface area contributed by atoms with Crippen LogP contribution in [0.15, 0.2) is 24.3 Å². The lowest BCUT2D eigenvalue weighted by Gasteiger charge is -2.29. The summed E-state index contributed by atoms with van der Waals surface area (Å²) in [4.78, 5) is 14.5. The van der Waals surface area contributed by atoms with Crippen molar-refractivity contribution in [2.24, 2.45) is 0 Å². The van der Waals surface area contributed by atoms with Gasteiger partial charge in [0.2, 0.25) is 0 Å². The number of nitrogens with zero attached hydrogens (tertiary/aromatic N) is 2. The molecular formula is C20H26FN3O2. The molecule has 0 unspecified atom stereocenters. The number of benzene rings is 1. The van der Waals surface area contributed by atoms with Gasteiger partial charge in [-0.25, -0.2) is 4.39 Å². The van der Waals surface area contributed by atoms with Gasteiger partial charge in [0.1, 0.15) is 5.82 Å². The Morgan fingerprint density at radius 1 is 1.23 bits per heavy atom. The van der Waals surface area contributed by atoms with Crippen LogP contribution in [0, 0.1) is 19.7 Å². The molecule has 1 aromatic heterocycles. The van der Waals surface area contributed by atoms with Crippen molar-refractivity contribution < 1.29 is 13.9 Å². The molecular weight excluding hydrogens is 333 g/mol. The lowest BCUT2D eigenvalue weighted by Crippen LogP contribution is -2.36. The summed E-state index contributed by atoms with van der Waals surface area (Å²) in [7, 11) is 0. The van der Waals surface area contributed by atoms with Crippen LogP contribution in [0.4, 0.5) is 10.1 Å². The zero-order valence-electron chi connectivity index (χ0n) is 15.6. The lowest BCUT2D eigenvalue weighted by atomic mass is 10.1. The molecule has 0 saturated carbocycles. The van der Waals surface area contributed by atoms with E-state index in [1.165, 1.54) is 6.07 Å². The van der Waals surface area contributed by atoms with Gasteiger partial charge in [0, 0.05) is 37.6 Å². The number of halogens is 1. The van der Waals surface area contributed by atoms with Crippen LogP contribution >= 0.6 is 0 Å². The van der Waals surface area contributed by atoms with E-state index in [2.05, 4.69) is 16.8 Å². The number of rotatable bonds is 5. The van der Waals surface area contributed by atoms with Gasteiger partial charge >= 0.3 is 0 Å². The van der Waals surface area contributed by atoms with Gasteiger partial charge < -0.3 is 19.5 Å². The number of hydrogen-bond acceptors (Lipinski definition) is 3. The van der Waals surface area contributed by atoms with Gasteiger partial charge in [-0.1, -0.05) is 6.07 Å². The van der Waals surface area contributed by atoms with E-state index in [1.54, 1.807) is 6.07 Å². The minimum Gasteiger partial charge on any atom is -0.378 e. The summed E-state index contributed by atoms with van der Waals surface area (Å²) in [5, 5.41) is 2.89. The molecule has 2 aromatic rings. The minimum absolute atomic E-state index is 0.129. The molecule has 1 N–H and O–H groups in total. The molecule has 1 aliphatic rings. The fraction of sp³-hybridized carbons (Fsp3) is 0.450. The number of amides is 1. The topological polar surface area (TPSA) is 46.5 Å². The van der Waals surface area contributed by atoms with Gasteiger partial charge in [-0.05, 0) is 44.5 Å². The fourth-order valence-corrected chi connectivity index (χ4v) is 3.52. The zero-order chi connectivity index (χ0) is 18.7. The molecule has 1 saturated heterocycles. The average molecular weight is 359 g/mol. The number of ether oxygens (including phenoxy) is 1. The monoisotopic (exact) mass is 359 g/mol. The van der Waals surface area contributed by atoms with Crippen LogP contribution in [0.1, 0.15) is 34.2 Å². The molecule has 1 aliphatic heterocycles. The quantitative estimate of drug-likeness (QED) is 0.893. The van der Waals surface area contributed by atoms with E-state index in [4.69, 9.17) is 4.74 Å². The van der Waals surface area contributed by atoms with Crippen LogP contribution in [0.2, 0.25) is 0 Å². The van der Waals surface area contributed by atoms with E-state index in [1.807, 2.05) is 30.9 Å². The highest BCUT2D eigenvalue weighted by molar-refractivity contribution is 5.95. The Bertz CT molecular complexity index is 795. The smallest absolute Gasteiger partial charge is 0.253 e. The van der Waals surface area contributed by atoms with E-state index in [0.717, 1.165) is 23.5 Å². The third-order valence-electron chi connectivity index (χ3n) is 4.95. The van der Waals surface area contributed by atoms with Crippen molar-refractivity contribution in [1.82, 2.24) is 9.88 Å². The summed E-state index contributed by atoms with van der Waals surface area (Å²) < 4.78 is 21.9. The Hall–Kier alpha value is -2.34. The molecule has 1 fully saturated rings. The van der Waals surface area contributed by atoms with Gasteiger partial charge in [-0.3, -0.25) is 4.79 Å². The van der Waals surface area contributed by atoms with E-state index in [0.29, 0.717) is 44.1 Å². The van der Waals surface area contributed by atoms with Crippen molar-refractivity contribution in [3.8, 4) is 0 Å². The van der Waals surface area contributed by atoms with Gasteiger partial charge in [-0.2, -0.15) is 0 Å². The first-order chi connectivity index (χ1) is 12.5. The maximum Gasteiger partial charge on any atom is 0.253 e. The Labute approximate surface area is 153 Å². The number of anilines is 1. The highest BCUT2D eigenvalue weighted by atomic mass is 19.1. The largest absolute Gasteiger partial charge is 0.378 e. The highest BCUT2D eigenvalue weighted by Gasteiger charge is 2.17. The molecule has 6 heteroatoms. The maximum atomic E-state index is 14.4. The van der Waals surface area contributed by atoms with Crippen LogP contribution in [0.5, 0.6) is 0 Å². The van der Waals surface area contributed by atoms with Crippen molar-refractivity contribution >= 4 is 11.6 Å². The second-order valence-corrected chi connectivity index (χ2v) is 6.60. The molecule has 1 aromatic carbocycles. The molecule has 0 radical (unpaired) electrons. The molecule has 0 bridgehead atoms. The Kier molecular flexibility index (Phi) is 5.61. The number of morpholine rings is 1. The number of carbonyl (C=O) groups is 1. The van der Waals surface area contributed by atoms with Gasteiger partial charge in [0.15, 0.2) is 0 Å². The summed E-state index contributed by atoms with van der Waals surface area (Å²) >= 11 is 0. The summed E-state index contributed by atoms with van der Waals surface area (Å²) in [5.41, 5.74) is 4.04. The normalized spacial score (nSPS) is 14.5. The minimum atomic E-state index is -0.261. The zero-order valence-corrected chi connectivity index (χ0v) is 15.6. The standard InChI is InChI=1S/C20H26FN3O2/c1-4-24-14(2)11-17(15(24)3)20(25)22-13-16-5-6-19(18(21)12-16)23-7-9-26-10-8-23/h5-6,11-12H,4,7-10,13H2,1-3H3,(H,22,25). The molecule has 3 rings (SSSR count). The van der Waals surface area contributed by atoms with Crippen LogP contribution in [0.3, 0.4) is 0 Å². The molecule has 0 aliphatic carbocycles. The molecule has 1 amide bonds. The summed E-state index contributed by atoms with van der Waals surface area (Å²) in [5.74, 6) is -0.390. The second-order valence-electron chi connectivity index (χ2n) is 6.60. The maximum absolute atomic E-state index is 14.4. The van der Waals surface area contributed by atoms with Crippen LogP contribution < -0.4 is 10.2 Å². The number of aromatic nitrogens is 1. The lowest BCUT2D eigenvalue weighted by molar-refractivity contribution is 0.0950. The number of nitrogens with one attached hydrogen (secondary N) is 1. The Morgan fingerprint density at radius 3 is 2.58 bits per heavy atom. The third-order valence-corrected chi connectivity index (χ3v) is 4.95. The predicted octanol–water partition coefficient (Wildman–Crippen LogP) is 3.03. The third kappa shape index (κ3) is 3.75. The number of carbonyl (C=O) groups excluding carboxylic acids is 1. The summed E-state index contributed by atoms with van der Waals surface area (Å²) in [6.07, 6.45) is 0. The first-order valence-electron chi connectivity index (χ1n) is 9.07. The Morgan fingerprint density at radius 2 is 1.96 bits per heavy atom. The molecule has 26 heavy (non-hydrogen) atoms. The molecule has 0 atom stereocenters. The molecule has 140 valence electrons. The predicted molar refractivity (Wildman–Crippen MR) is 100 cm³/mol. The van der Waals surface area contributed by atoms with Gasteiger partial charge in [-0.15, -0.1) is 0 Å². The van der Waals surface area contributed by atoms with E-state index >= 15 is 0 Å². The van der Waals surface area contributed by atoms with Gasteiger partial charge in [0.05, 0.1) is 24.5 Å². The van der Waals surface area contributed by atoms with E-state index in [-0.39, 0.29) is 11.7 Å². The summed E-state index contributed by atoms with van der Waals surface area (Å²) in [6.45, 7) is 9.75. The van der Waals surface area contributed by atoms with E-state index < -0.39 is 0 Å². The SMILES string of the molecule is CCn1c(C)cc(C(=O)NCc2ccc(N3CCOCC3)c(F)c2)c1C. The van der Waals surface area contributed by atoms with Crippen LogP contribution in [0.25, 0.3) is 0 Å². The number of hydrogen-bond donors (Lipinski definition) is 1. The van der Waals surface area contributed by atoms with E-state index in [9.17, 15) is 9.18 Å². The Balaban J connectivity index is 1.66. The molecule has 0 spiro atoms. The van der Waals surface area contributed by atoms with Crippen molar-refractivity contribution in [2.45, 2.75) is 33.9 Å². The van der Waals surface area contributed by atoms with Crippen LogP contribution in [-0.4, -0.2) is 36.8 Å². The van der Waals surface area contributed by atoms with Crippen molar-refractivity contribution in [2.75, 3.05) is 31.2 Å². The van der Waals surface area contributed by atoms with Crippen molar-refractivity contribution in [3.63, 3.8) is 0 Å². The van der Waals surface area contributed by atoms with Gasteiger partial charge in [0.25, 0.3) is 5.91 Å². The number of aryl methyl sites for hydroxylation is 1. The molecule has 2 heterocycles. The highest BCUT2D eigenvalue weighted by Crippen LogP contribution is 2.22. The first kappa shape index (κ1) is 18.5. The van der Waals surface area contributed by atoms with Crippen molar-refractivity contribution in [1.29, 1.82) is 0 Å². The average Bonchev–Trinajstić information content (AvgIpc) is 2.94. The fourth-order valence-electron chi connectivity index (χ4n) is 3.52.